The first-order valence-corrected chi connectivity index (χ1v) is 6.06. The summed E-state index contributed by atoms with van der Waals surface area (Å²) in [5, 5.41) is 7.26. The Hall–Kier alpha value is -0.610. The van der Waals surface area contributed by atoms with Crippen molar-refractivity contribution in [3.63, 3.8) is 0 Å². The number of rotatable bonds is 3. The lowest BCUT2D eigenvalue weighted by Gasteiger charge is -2.07. The van der Waals surface area contributed by atoms with Gasteiger partial charge in [-0.2, -0.15) is 0 Å². The van der Waals surface area contributed by atoms with Crippen LogP contribution in [-0.2, 0) is 6.54 Å². The van der Waals surface area contributed by atoms with E-state index in [1.54, 1.807) is 0 Å². The van der Waals surface area contributed by atoms with E-state index in [2.05, 4.69) is 29.7 Å². The van der Waals surface area contributed by atoms with Crippen molar-refractivity contribution < 1.29 is 0 Å². The molecule has 0 aromatic carbocycles. The van der Waals surface area contributed by atoms with Gasteiger partial charge in [0.15, 0.2) is 5.11 Å². The third-order valence-electron chi connectivity index (χ3n) is 2.13. The SMILES string of the molecule is Cc1ccc(CNC(=S)NC2CC2)s1. The topological polar surface area (TPSA) is 24.1 Å². The molecule has 0 amide bonds. The molecule has 1 fully saturated rings. The second-order valence-corrected chi connectivity index (χ2v) is 5.39. The molecular weight excluding hydrogens is 212 g/mol. The molecule has 0 unspecified atom stereocenters. The molecular formula is C10H14N2S2. The Morgan fingerprint density at radius 3 is 2.93 bits per heavy atom. The lowest BCUT2D eigenvalue weighted by atomic mass is 10.4. The quantitative estimate of drug-likeness (QED) is 0.773. The molecule has 1 heterocycles. The van der Waals surface area contributed by atoms with E-state index in [9.17, 15) is 0 Å². The van der Waals surface area contributed by atoms with Gasteiger partial charge in [0.25, 0.3) is 0 Å². The minimum atomic E-state index is 0.639. The van der Waals surface area contributed by atoms with Gasteiger partial charge in [-0.15, -0.1) is 11.3 Å². The molecule has 2 nitrogen and oxygen atoms in total. The molecule has 4 heteroatoms. The Balaban J connectivity index is 1.73. The summed E-state index contributed by atoms with van der Waals surface area (Å²) in [6.45, 7) is 2.96. The second-order valence-electron chi connectivity index (χ2n) is 3.61. The van der Waals surface area contributed by atoms with Gasteiger partial charge in [0.05, 0.1) is 6.54 Å². The normalized spacial score (nSPS) is 15.2. The van der Waals surface area contributed by atoms with E-state index in [1.807, 2.05) is 11.3 Å². The molecule has 0 spiro atoms. The van der Waals surface area contributed by atoms with Gasteiger partial charge >= 0.3 is 0 Å². The fourth-order valence-corrected chi connectivity index (χ4v) is 2.28. The highest BCUT2D eigenvalue weighted by molar-refractivity contribution is 7.80. The van der Waals surface area contributed by atoms with Gasteiger partial charge in [0.1, 0.15) is 0 Å². The van der Waals surface area contributed by atoms with Crippen LogP contribution in [0.5, 0.6) is 0 Å². The van der Waals surface area contributed by atoms with Crippen LogP contribution in [0.15, 0.2) is 12.1 Å². The van der Waals surface area contributed by atoms with Crippen LogP contribution < -0.4 is 10.6 Å². The monoisotopic (exact) mass is 226 g/mol. The highest BCUT2D eigenvalue weighted by Gasteiger charge is 2.21. The first kappa shape index (κ1) is 9.93. The minimum Gasteiger partial charge on any atom is -0.360 e. The van der Waals surface area contributed by atoms with E-state index in [0.29, 0.717) is 6.04 Å². The van der Waals surface area contributed by atoms with Crippen LogP contribution in [-0.4, -0.2) is 11.2 Å². The molecule has 0 saturated heterocycles. The van der Waals surface area contributed by atoms with E-state index in [0.717, 1.165) is 11.7 Å². The Morgan fingerprint density at radius 2 is 2.36 bits per heavy atom. The van der Waals surface area contributed by atoms with Gasteiger partial charge in [-0.05, 0) is 44.1 Å². The predicted octanol–water partition coefficient (Wildman–Crippen LogP) is 2.18. The van der Waals surface area contributed by atoms with E-state index < -0.39 is 0 Å². The molecule has 76 valence electrons. The zero-order chi connectivity index (χ0) is 9.97. The molecule has 1 saturated carbocycles. The number of thiocarbonyl (C=S) groups is 1. The van der Waals surface area contributed by atoms with Crippen LogP contribution in [0.1, 0.15) is 22.6 Å². The molecule has 0 bridgehead atoms. The molecule has 1 aliphatic rings. The van der Waals surface area contributed by atoms with Crippen LogP contribution in [0.25, 0.3) is 0 Å². The highest BCUT2D eigenvalue weighted by atomic mass is 32.1. The van der Waals surface area contributed by atoms with Gasteiger partial charge in [-0.1, -0.05) is 0 Å². The zero-order valence-corrected chi connectivity index (χ0v) is 9.80. The first-order valence-electron chi connectivity index (χ1n) is 4.84. The molecule has 1 aliphatic carbocycles. The number of thiophene rings is 1. The van der Waals surface area contributed by atoms with Crippen LogP contribution in [0.4, 0.5) is 0 Å². The van der Waals surface area contributed by atoms with Crippen LogP contribution in [0, 0.1) is 6.92 Å². The van der Waals surface area contributed by atoms with E-state index in [4.69, 9.17) is 12.2 Å². The van der Waals surface area contributed by atoms with Crippen LogP contribution in [0.2, 0.25) is 0 Å². The third-order valence-corrected chi connectivity index (χ3v) is 3.39. The largest absolute Gasteiger partial charge is 0.360 e. The summed E-state index contributed by atoms with van der Waals surface area (Å²) >= 11 is 6.97. The van der Waals surface area contributed by atoms with Gasteiger partial charge < -0.3 is 10.6 Å². The smallest absolute Gasteiger partial charge is 0.166 e. The Morgan fingerprint density at radius 1 is 1.57 bits per heavy atom. The summed E-state index contributed by atoms with van der Waals surface area (Å²) in [5.74, 6) is 0. The van der Waals surface area contributed by atoms with Gasteiger partial charge in [-0.3, -0.25) is 0 Å². The molecule has 1 aromatic heterocycles. The van der Waals surface area contributed by atoms with Crippen molar-refractivity contribution in [2.75, 3.05) is 0 Å². The first-order chi connectivity index (χ1) is 6.74. The average molecular weight is 226 g/mol. The van der Waals surface area contributed by atoms with Crippen molar-refractivity contribution in [2.24, 2.45) is 0 Å². The molecule has 2 rings (SSSR count). The molecule has 0 radical (unpaired) electrons. The van der Waals surface area contributed by atoms with Gasteiger partial charge in [-0.25, -0.2) is 0 Å². The van der Waals surface area contributed by atoms with Crippen molar-refractivity contribution in [3.8, 4) is 0 Å². The Bertz CT molecular complexity index is 329. The lowest BCUT2D eigenvalue weighted by Crippen LogP contribution is -2.35. The number of hydrogen-bond donors (Lipinski definition) is 2. The van der Waals surface area contributed by atoms with Gasteiger partial charge in [0.2, 0.25) is 0 Å². The Kier molecular flexibility index (Phi) is 3.03. The maximum Gasteiger partial charge on any atom is 0.166 e. The maximum absolute atomic E-state index is 5.16. The fourth-order valence-electron chi connectivity index (χ4n) is 1.21. The molecule has 0 aliphatic heterocycles. The maximum atomic E-state index is 5.16. The van der Waals surface area contributed by atoms with Crippen molar-refractivity contribution in [3.05, 3.63) is 21.9 Å². The standard InChI is InChI=1S/C10H14N2S2/c1-7-2-5-9(14-7)6-11-10(13)12-8-3-4-8/h2,5,8H,3-4,6H2,1H3,(H2,11,12,13). The predicted molar refractivity (Wildman–Crippen MR) is 64.7 cm³/mol. The highest BCUT2D eigenvalue weighted by Crippen LogP contribution is 2.18. The summed E-state index contributed by atoms with van der Waals surface area (Å²) in [7, 11) is 0. The van der Waals surface area contributed by atoms with E-state index in [1.165, 1.54) is 22.6 Å². The lowest BCUT2D eigenvalue weighted by molar-refractivity contribution is 0.836. The summed E-state index contributed by atoms with van der Waals surface area (Å²) in [6.07, 6.45) is 2.53. The second kappa shape index (κ2) is 4.28. The van der Waals surface area contributed by atoms with Crippen LogP contribution >= 0.6 is 23.6 Å². The van der Waals surface area contributed by atoms with E-state index in [-0.39, 0.29) is 0 Å². The fraction of sp³-hybridized carbons (Fsp3) is 0.500. The summed E-state index contributed by atoms with van der Waals surface area (Å²) in [5.41, 5.74) is 0. The van der Waals surface area contributed by atoms with E-state index >= 15 is 0 Å². The number of hydrogen-bond acceptors (Lipinski definition) is 2. The summed E-state index contributed by atoms with van der Waals surface area (Å²) < 4.78 is 0. The van der Waals surface area contributed by atoms with Crippen molar-refractivity contribution >= 4 is 28.7 Å². The summed E-state index contributed by atoms with van der Waals surface area (Å²) in [4.78, 5) is 2.69. The molecule has 0 atom stereocenters. The van der Waals surface area contributed by atoms with Crippen LogP contribution in [0.3, 0.4) is 0 Å². The molecule has 2 N–H and O–H groups in total. The molecule has 1 aromatic rings. The van der Waals surface area contributed by atoms with Gasteiger partial charge in [0, 0.05) is 15.8 Å². The average Bonchev–Trinajstić information content (AvgIpc) is 2.85. The zero-order valence-electron chi connectivity index (χ0n) is 8.17. The summed E-state index contributed by atoms with van der Waals surface area (Å²) in [6, 6.07) is 4.92. The Labute approximate surface area is 93.7 Å². The molecule has 14 heavy (non-hydrogen) atoms. The van der Waals surface area contributed by atoms with Crippen molar-refractivity contribution in [1.29, 1.82) is 0 Å². The van der Waals surface area contributed by atoms with Crippen molar-refractivity contribution in [2.45, 2.75) is 32.4 Å². The minimum absolute atomic E-state index is 0.639. The number of nitrogens with one attached hydrogen (secondary N) is 2. The van der Waals surface area contributed by atoms with Crippen molar-refractivity contribution in [1.82, 2.24) is 10.6 Å². The number of aryl methyl sites for hydroxylation is 1. The third kappa shape index (κ3) is 2.96.